The van der Waals surface area contributed by atoms with E-state index in [0.717, 1.165) is 38.0 Å². The van der Waals surface area contributed by atoms with Crippen LogP contribution in [0.4, 0.5) is 0 Å². The zero-order chi connectivity index (χ0) is 13.7. The lowest BCUT2D eigenvalue weighted by molar-refractivity contribution is 0.316. The first-order valence-corrected chi connectivity index (χ1v) is 7.78. The molecule has 0 aliphatic heterocycles. The van der Waals surface area contributed by atoms with Crippen LogP contribution in [-0.2, 0) is 0 Å². The van der Waals surface area contributed by atoms with Crippen LogP contribution in [0.5, 0.6) is 0 Å². The highest BCUT2D eigenvalue weighted by molar-refractivity contribution is 7.99. The Balaban J connectivity index is 1.86. The largest absolute Gasteiger partial charge is 0.416 e. The van der Waals surface area contributed by atoms with Crippen molar-refractivity contribution in [3.63, 3.8) is 0 Å². The smallest absolute Gasteiger partial charge is 0.276 e. The van der Waals surface area contributed by atoms with Gasteiger partial charge in [0.15, 0.2) is 0 Å². The van der Waals surface area contributed by atoms with Crippen molar-refractivity contribution in [3.8, 4) is 6.07 Å². The minimum Gasteiger partial charge on any atom is -0.416 e. The van der Waals surface area contributed by atoms with Gasteiger partial charge in [0, 0.05) is 12.7 Å². The van der Waals surface area contributed by atoms with Gasteiger partial charge in [0.1, 0.15) is 5.54 Å². The van der Waals surface area contributed by atoms with Crippen molar-refractivity contribution in [2.75, 3.05) is 12.3 Å². The molecule has 1 aromatic heterocycles. The number of nitrogens with zero attached hydrogens (tertiary/aromatic N) is 3. The van der Waals surface area contributed by atoms with Gasteiger partial charge in [0.25, 0.3) is 5.22 Å². The van der Waals surface area contributed by atoms with Gasteiger partial charge in [-0.25, -0.2) is 0 Å². The third-order valence-corrected chi connectivity index (χ3v) is 4.56. The molecule has 1 aromatic rings. The average Bonchev–Trinajstić information content (AvgIpc) is 2.98. The second kappa shape index (κ2) is 6.40. The third kappa shape index (κ3) is 3.28. The molecule has 0 aromatic carbocycles. The van der Waals surface area contributed by atoms with E-state index < -0.39 is 0 Å². The van der Waals surface area contributed by atoms with E-state index in [9.17, 15) is 5.26 Å². The molecule has 2 unspecified atom stereocenters. The van der Waals surface area contributed by atoms with E-state index >= 15 is 0 Å². The highest BCUT2D eigenvalue weighted by Crippen LogP contribution is 2.38. The van der Waals surface area contributed by atoms with Crippen molar-refractivity contribution < 1.29 is 4.42 Å². The Labute approximate surface area is 118 Å². The zero-order valence-electron chi connectivity index (χ0n) is 11.5. The van der Waals surface area contributed by atoms with Crippen LogP contribution in [0.3, 0.4) is 0 Å². The first-order chi connectivity index (χ1) is 9.20. The molecule has 6 heteroatoms. The van der Waals surface area contributed by atoms with E-state index in [0.29, 0.717) is 17.0 Å². The van der Waals surface area contributed by atoms with E-state index in [-0.39, 0.29) is 5.54 Å². The van der Waals surface area contributed by atoms with E-state index in [1.54, 1.807) is 18.7 Å². The van der Waals surface area contributed by atoms with Crippen LogP contribution in [0.15, 0.2) is 9.64 Å². The molecule has 0 saturated heterocycles. The molecular formula is C13H20N4OS. The maximum atomic E-state index is 9.48. The summed E-state index contributed by atoms with van der Waals surface area (Å²) < 4.78 is 5.33. The van der Waals surface area contributed by atoms with E-state index in [2.05, 4.69) is 28.5 Å². The maximum Gasteiger partial charge on any atom is 0.276 e. The summed E-state index contributed by atoms with van der Waals surface area (Å²) in [6.45, 7) is 4.70. The molecule has 1 aliphatic carbocycles. The van der Waals surface area contributed by atoms with Crippen LogP contribution in [-0.4, -0.2) is 28.0 Å². The molecule has 5 nitrogen and oxygen atoms in total. The average molecular weight is 280 g/mol. The Hall–Kier alpha value is -1.06. The zero-order valence-corrected chi connectivity index (χ0v) is 12.3. The van der Waals surface area contributed by atoms with Gasteiger partial charge in [0.2, 0.25) is 5.89 Å². The summed E-state index contributed by atoms with van der Waals surface area (Å²) in [6.07, 6.45) is 4.23. The summed E-state index contributed by atoms with van der Waals surface area (Å²) in [5.41, 5.74) is -0.319. The summed E-state index contributed by atoms with van der Waals surface area (Å²) in [5, 5.41) is 21.3. The topological polar surface area (TPSA) is 74.7 Å². The lowest BCUT2D eigenvalue weighted by Gasteiger charge is -2.29. The van der Waals surface area contributed by atoms with E-state index in [1.807, 2.05) is 0 Å². The number of aryl methyl sites for hydroxylation is 1. The van der Waals surface area contributed by atoms with Crippen LogP contribution in [0.2, 0.25) is 0 Å². The Kier molecular flexibility index (Phi) is 4.83. The predicted octanol–water partition coefficient (Wildman–Crippen LogP) is 2.53. The number of nitriles is 1. The summed E-state index contributed by atoms with van der Waals surface area (Å²) in [7, 11) is 0. The van der Waals surface area contributed by atoms with Crippen molar-refractivity contribution in [2.24, 2.45) is 5.92 Å². The monoisotopic (exact) mass is 280 g/mol. The molecule has 1 N–H and O–H groups in total. The number of thioether (sulfide) groups is 1. The number of rotatable bonds is 6. The standard InChI is InChI=1S/C13H20N4OS/c1-3-15-13(9-14)7-4-5-11(13)6-8-19-12-17-16-10(2)18-12/h11,15H,3-8H2,1-2H3. The van der Waals surface area contributed by atoms with Gasteiger partial charge >= 0.3 is 0 Å². The molecule has 2 atom stereocenters. The molecule has 0 amide bonds. The summed E-state index contributed by atoms with van der Waals surface area (Å²) in [4.78, 5) is 0. The van der Waals surface area contributed by atoms with Gasteiger partial charge in [-0.05, 0) is 31.7 Å². The van der Waals surface area contributed by atoms with Crippen LogP contribution in [0.1, 0.15) is 38.5 Å². The van der Waals surface area contributed by atoms with Crippen molar-refractivity contribution in [2.45, 2.75) is 50.3 Å². The number of aromatic nitrogens is 2. The maximum absolute atomic E-state index is 9.48. The number of nitrogens with one attached hydrogen (secondary N) is 1. The van der Waals surface area contributed by atoms with E-state index in [4.69, 9.17) is 4.42 Å². The fourth-order valence-electron chi connectivity index (χ4n) is 2.83. The fraction of sp³-hybridized carbons (Fsp3) is 0.769. The SMILES string of the molecule is CCNC1(C#N)CCCC1CCSc1nnc(C)o1. The third-order valence-electron chi connectivity index (χ3n) is 3.71. The Morgan fingerprint density at radius 3 is 3.05 bits per heavy atom. The first-order valence-electron chi connectivity index (χ1n) is 6.79. The molecule has 1 fully saturated rings. The van der Waals surface area contributed by atoms with Crippen LogP contribution in [0, 0.1) is 24.2 Å². The van der Waals surface area contributed by atoms with Crippen LogP contribution >= 0.6 is 11.8 Å². The van der Waals surface area contributed by atoms with Gasteiger partial charge < -0.3 is 4.42 Å². The van der Waals surface area contributed by atoms with Crippen molar-refractivity contribution >= 4 is 11.8 Å². The highest BCUT2D eigenvalue weighted by Gasteiger charge is 2.42. The number of hydrogen-bond donors (Lipinski definition) is 1. The minimum atomic E-state index is -0.319. The summed E-state index contributed by atoms with van der Waals surface area (Å²) in [6, 6.07) is 2.51. The second-order valence-electron chi connectivity index (χ2n) is 4.93. The molecular weight excluding hydrogens is 260 g/mol. The minimum absolute atomic E-state index is 0.319. The summed E-state index contributed by atoms with van der Waals surface area (Å²) >= 11 is 1.58. The lowest BCUT2D eigenvalue weighted by atomic mass is 9.86. The summed E-state index contributed by atoms with van der Waals surface area (Å²) in [5.74, 6) is 1.94. The van der Waals surface area contributed by atoms with Crippen LogP contribution in [0.25, 0.3) is 0 Å². The molecule has 2 rings (SSSR count). The Bertz CT molecular complexity index is 456. The van der Waals surface area contributed by atoms with Gasteiger partial charge in [-0.15, -0.1) is 10.2 Å². The quantitative estimate of drug-likeness (QED) is 0.807. The first kappa shape index (κ1) is 14.4. The van der Waals surface area contributed by atoms with Crippen molar-refractivity contribution in [1.29, 1.82) is 5.26 Å². The Morgan fingerprint density at radius 1 is 1.58 bits per heavy atom. The van der Waals surface area contributed by atoms with Crippen molar-refractivity contribution in [3.05, 3.63) is 5.89 Å². The van der Waals surface area contributed by atoms with Crippen molar-refractivity contribution in [1.82, 2.24) is 15.5 Å². The van der Waals surface area contributed by atoms with Gasteiger partial charge in [-0.1, -0.05) is 25.1 Å². The van der Waals surface area contributed by atoms with Gasteiger partial charge in [-0.3, -0.25) is 5.32 Å². The predicted molar refractivity (Wildman–Crippen MR) is 73.7 cm³/mol. The van der Waals surface area contributed by atoms with Gasteiger partial charge in [0.05, 0.1) is 6.07 Å². The fourth-order valence-corrected chi connectivity index (χ4v) is 3.68. The molecule has 1 aliphatic rings. The molecule has 1 heterocycles. The molecule has 19 heavy (non-hydrogen) atoms. The molecule has 1 saturated carbocycles. The molecule has 0 spiro atoms. The number of hydrogen-bond acceptors (Lipinski definition) is 6. The molecule has 104 valence electrons. The molecule has 0 bridgehead atoms. The van der Waals surface area contributed by atoms with Crippen LogP contribution < -0.4 is 5.32 Å². The highest BCUT2D eigenvalue weighted by atomic mass is 32.2. The van der Waals surface area contributed by atoms with Gasteiger partial charge in [-0.2, -0.15) is 5.26 Å². The molecule has 0 radical (unpaired) electrons. The normalized spacial score (nSPS) is 26.5. The van der Waals surface area contributed by atoms with E-state index in [1.165, 1.54) is 0 Å². The lowest BCUT2D eigenvalue weighted by Crippen LogP contribution is -2.47. The second-order valence-corrected chi connectivity index (χ2v) is 5.97. The Morgan fingerprint density at radius 2 is 2.42 bits per heavy atom.